The smallest absolute Gasteiger partial charge is 0.316 e. The van der Waals surface area contributed by atoms with Crippen LogP contribution in [0.5, 0.6) is 0 Å². The fourth-order valence-electron chi connectivity index (χ4n) is 1.69. The number of hydrogen-bond donors (Lipinski definition) is 1. The number of thioether (sulfide) groups is 1. The molecule has 0 unspecified atom stereocenters. The molecule has 1 aromatic carbocycles. The standard InChI is InChI=1S/C16H24BrNO2S/c1-5-8-18-10-12-6-7-14(13(17)9-12)21-11-15(19)20-16(2,3)4/h6-7,9,18H,5,8,10-11H2,1-4H3. The summed E-state index contributed by atoms with van der Waals surface area (Å²) in [7, 11) is 0. The van der Waals surface area contributed by atoms with Crippen molar-refractivity contribution >= 4 is 33.7 Å². The van der Waals surface area contributed by atoms with Gasteiger partial charge in [0.15, 0.2) is 0 Å². The van der Waals surface area contributed by atoms with E-state index in [0.29, 0.717) is 5.75 Å². The van der Waals surface area contributed by atoms with Crippen LogP contribution in [0.4, 0.5) is 0 Å². The lowest BCUT2D eigenvalue weighted by Crippen LogP contribution is -2.24. The maximum Gasteiger partial charge on any atom is 0.316 e. The Bertz CT molecular complexity index is 472. The number of ether oxygens (including phenoxy) is 1. The molecule has 0 radical (unpaired) electrons. The highest BCUT2D eigenvalue weighted by Crippen LogP contribution is 2.28. The van der Waals surface area contributed by atoms with Gasteiger partial charge in [-0.25, -0.2) is 0 Å². The third-order valence-electron chi connectivity index (χ3n) is 2.52. The second-order valence-corrected chi connectivity index (χ2v) is 7.69. The number of carbonyl (C=O) groups is 1. The van der Waals surface area contributed by atoms with Gasteiger partial charge in [-0.15, -0.1) is 11.8 Å². The molecule has 0 fully saturated rings. The molecule has 0 heterocycles. The van der Waals surface area contributed by atoms with Crippen molar-refractivity contribution in [1.29, 1.82) is 0 Å². The van der Waals surface area contributed by atoms with Crippen LogP contribution in [0.1, 0.15) is 39.7 Å². The molecular formula is C16H24BrNO2S. The Morgan fingerprint density at radius 3 is 2.67 bits per heavy atom. The van der Waals surface area contributed by atoms with Gasteiger partial charge < -0.3 is 10.1 Å². The van der Waals surface area contributed by atoms with Crippen LogP contribution in [-0.2, 0) is 16.1 Å². The van der Waals surface area contributed by atoms with E-state index in [2.05, 4.69) is 40.3 Å². The van der Waals surface area contributed by atoms with Crippen LogP contribution >= 0.6 is 27.7 Å². The lowest BCUT2D eigenvalue weighted by Gasteiger charge is -2.19. The van der Waals surface area contributed by atoms with Gasteiger partial charge in [-0.2, -0.15) is 0 Å². The zero-order chi connectivity index (χ0) is 15.9. The first-order chi connectivity index (χ1) is 9.81. The molecule has 0 spiro atoms. The molecule has 1 aromatic rings. The Labute approximate surface area is 140 Å². The third kappa shape index (κ3) is 7.88. The van der Waals surface area contributed by atoms with E-state index in [0.717, 1.165) is 28.9 Å². The molecule has 0 amide bonds. The minimum absolute atomic E-state index is 0.187. The summed E-state index contributed by atoms with van der Waals surface area (Å²) >= 11 is 5.06. The quantitative estimate of drug-likeness (QED) is 0.437. The summed E-state index contributed by atoms with van der Waals surface area (Å²) in [6.45, 7) is 9.67. The van der Waals surface area contributed by atoms with Gasteiger partial charge in [-0.3, -0.25) is 4.79 Å². The van der Waals surface area contributed by atoms with Crippen LogP contribution in [0, 0.1) is 0 Å². The van der Waals surface area contributed by atoms with Crippen molar-refractivity contribution in [2.24, 2.45) is 0 Å². The summed E-state index contributed by atoms with van der Waals surface area (Å²) in [6.07, 6.45) is 1.13. The van der Waals surface area contributed by atoms with Gasteiger partial charge in [-0.1, -0.05) is 13.0 Å². The van der Waals surface area contributed by atoms with E-state index in [1.54, 1.807) is 0 Å². The van der Waals surface area contributed by atoms with E-state index in [4.69, 9.17) is 4.74 Å². The number of hydrogen-bond acceptors (Lipinski definition) is 4. The Morgan fingerprint density at radius 2 is 2.10 bits per heavy atom. The average Bonchev–Trinajstić information content (AvgIpc) is 2.36. The summed E-state index contributed by atoms with van der Waals surface area (Å²) in [5, 5.41) is 3.37. The summed E-state index contributed by atoms with van der Waals surface area (Å²) in [4.78, 5) is 12.8. The third-order valence-corrected chi connectivity index (χ3v) is 4.48. The fraction of sp³-hybridized carbons (Fsp3) is 0.562. The van der Waals surface area contributed by atoms with Crippen LogP contribution in [0.2, 0.25) is 0 Å². The highest BCUT2D eigenvalue weighted by molar-refractivity contribution is 9.10. The Hall–Kier alpha value is -0.520. The zero-order valence-corrected chi connectivity index (χ0v) is 15.6. The highest BCUT2D eigenvalue weighted by Gasteiger charge is 2.16. The topological polar surface area (TPSA) is 38.3 Å². The average molecular weight is 374 g/mol. The van der Waals surface area contributed by atoms with E-state index >= 15 is 0 Å². The fourth-order valence-corrected chi connectivity index (χ4v) is 3.15. The zero-order valence-electron chi connectivity index (χ0n) is 13.2. The predicted molar refractivity (Wildman–Crippen MR) is 92.7 cm³/mol. The maximum atomic E-state index is 11.7. The first-order valence-corrected chi connectivity index (χ1v) is 8.93. The van der Waals surface area contributed by atoms with Crippen LogP contribution in [-0.4, -0.2) is 23.9 Å². The number of esters is 1. The van der Waals surface area contributed by atoms with E-state index in [-0.39, 0.29) is 5.97 Å². The number of halogens is 1. The summed E-state index contributed by atoms with van der Waals surface area (Å²) < 4.78 is 6.32. The van der Waals surface area contributed by atoms with Crippen molar-refractivity contribution in [3.05, 3.63) is 28.2 Å². The maximum absolute atomic E-state index is 11.7. The molecule has 0 saturated carbocycles. The van der Waals surface area contributed by atoms with Gasteiger partial charge >= 0.3 is 5.97 Å². The second kappa shape index (κ2) is 8.81. The molecule has 0 aliphatic rings. The monoisotopic (exact) mass is 373 g/mol. The molecule has 0 aliphatic carbocycles. The molecule has 0 bridgehead atoms. The van der Waals surface area contributed by atoms with Crippen molar-refractivity contribution in [3.8, 4) is 0 Å². The molecule has 0 atom stereocenters. The first-order valence-electron chi connectivity index (χ1n) is 7.15. The van der Waals surface area contributed by atoms with Gasteiger partial charge in [-0.05, 0) is 67.4 Å². The lowest BCUT2D eigenvalue weighted by atomic mass is 10.2. The summed E-state index contributed by atoms with van der Waals surface area (Å²) in [6, 6.07) is 6.23. The molecule has 1 rings (SSSR count). The van der Waals surface area contributed by atoms with E-state index in [9.17, 15) is 4.79 Å². The SMILES string of the molecule is CCCNCc1ccc(SCC(=O)OC(C)(C)C)c(Br)c1. The lowest BCUT2D eigenvalue weighted by molar-refractivity contribution is -0.151. The molecule has 118 valence electrons. The minimum atomic E-state index is -0.427. The summed E-state index contributed by atoms with van der Waals surface area (Å²) in [5.74, 6) is 0.136. The predicted octanol–water partition coefficient (Wildman–Crippen LogP) is 4.38. The minimum Gasteiger partial charge on any atom is -0.459 e. The largest absolute Gasteiger partial charge is 0.459 e. The Kier molecular flexibility index (Phi) is 7.77. The van der Waals surface area contributed by atoms with E-state index in [1.807, 2.05) is 26.8 Å². The summed E-state index contributed by atoms with van der Waals surface area (Å²) in [5.41, 5.74) is 0.806. The van der Waals surface area contributed by atoms with Crippen molar-refractivity contribution in [2.45, 2.75) is 51.2 Å². The Balaban J connectivity index is 2.51. The molecular weight excluding hydrogens is 350 g/mol. The van der Waals surface area contributed by atoms with Crippen molar-refractivity contribution in [1.82, 2.24) is 5.32 Å². The van der Waals surface area contributed by atoms with Gasteiger partial charge in [0.2, 0.25) is 0 Å². The number of rotatable bonds is 7. The molecule has 0 saturated heterocycles. The molecule has 5 heteroatoms. The van der Waals surface area contributed by atoms with Gasteiger partial charge in [0.25, 0.3) is 0 Å². The molecule has 3 nitrogen and oxygen atoms in total. The van der Waals surface area contributed by atoms with E-state index < -0.39 is 5.60 Å². The number of benzene rings is 1. The number of carbonyl (C=O) groups excluding carboxylic acids is 1. The van der Waals surface area contributed by atoms with Crippen LogP contribution < -0.4 is 5.32 Å². The van der Waals surface area contributed by atoms with Gasteiger partial charge in [0.1, 0.15) is 5.60 Å². The van der Waals surface area contributed by atoms with Crippen molar-refractivity contribution in [2.75, 3.05) is 12.3 Å². The first kappa shape index (κ1) is 18.5. The van der Waals surface area contributed by atoms with E-state index in [1.165, 1.54) is 17.3 Å². The van der Waals surface area contributed by atoms with Crippen molar-refractivity contribution in [3.63, 3.8) is 0 Å². The van der Waals surface area contributed by atoms with Crippen LogP contribution in [0.3, 0.4) is 0 Å². The van der Waals surface area contributed by atoms with Gasteiger partial charge in [0.05, 0.1) is 5.75 Å². The molecule has 0 aromatic heterocycles. The van der Waals surface area contributed by atoms with Gasteiger partial charge in [0, 0.05) is 15.9 Å². The van der Waals surface area contributed by atoms with Crippen molar-refractivity contribution < 1.29 is 9.53 Å². The molecule has 21 heavy (non-hydrogen) atoms. The molecule has 1 N–H and O–H groups in total. The van der Waals surface area contributed by atoms with Crippen LogP contribution in [0.25, 0.3) is 0 Å². The van der Waals surface area contributed by atoms with Crippen LogP contribution in [0.15, 0.2) is 27.6 Å². The second-order valence-electron chi connectivity index (χ2n) is 5.82. The number of nitrogens with one attached hydrogen (secondary N) is 1. The Morgan fingerprint density at radius 1 is 1.38 bits per heavy atom. The highest BCUT2D eigenvalue weighted by atomic mass is 79.9. The molecule has 0 aliphatic heterocycles. The normalized spacial score (nSPS) is 11.5.